The second kappa shape index (κ2) is 13.1. The number of rotatable bonds is 11. The molecule has 188 valence electrons. The Kier molecular flexibility index (Phi) is 9.08. The molecule has 4 aromatic carbocycles. The maximum atomic E-state index is 13.7. The highest BCUT2D eigenvalue weighted by molar-refractivity contribution is 5.89. The zero-order valence-corrected chi connectivity index (χ0v) is 21.0. The van der Waals surface area contributed by atoms with Crippen molar-refractivity contribution in [3.8, 4) is 5.75 Å². The van der Waals surface area contributed by atoms with Gasteiger partial charge >= 0.3 is 0 Å². The Morgan fingerprint density at radius 1 is 0.730 bits per heavy atom. The standard InChI is InChI=1S/C32H32N2O3/c1-37-29-19-17-25(18-20-29)21-22-33-32(36)31(28-15-9-4-10-16-28)34(24-27-13-7-3-8-14-27)30(35)23-26-11-5-2-6-12-26/h2-20,31H,21-24H2,1H3,(H,33,36)/t31-/m0/s1. The Bertz CT molecular complexity index is 1260. The lowest BCUT2D eigenvalue weighted by molar-refractivity contribution is -0.141. The van der Waals surface area contributed by atoms with Gasteiger partial charge in [0.15, 0.2) is 0 Å². The van der Waals surface area contributed by atoms with Gasteiger partial charge in [0, 0.05) is 13.1 Å². The van der Waals surface area contributed by atoms with Crippen molar-refractivity contribution in [3.63, 3.8) is 0 Å². The maximum Gasteiger partial charge on any atom is 0.247 e. The van der Waals surface area contributed by atoms with E-state index >= 15 is 0 Å². The number of ether oxygens (including phenoxy) is 1. The second-order valence-corrected chi connectivity index (χ2v) is 8.87. The molecule has 0 radical (unpaired) electrons. The van der Waals surface area contributed by atoms with E-state index in [-0.39, 0.29) is 18.2 Å². The van der Waals surface area contributed by atoms with Gasteiger partial charge in [0.2, 0.25) is 11.8 Å². The van der Waals surface area contributed by atoms with Crippen LogP contribution in [0.2, 0.25) is 0 Å². The molecule has 0 bridgehead atoms. The number of methoxy groups -OCH3 is 1. The Balaban J connectivity index is 1.57. The Morgan fingerprint density at radius 2 is 1.30 bits per heavy atom. The summed E-state index contributed by atoms with van der Waals surface area (Å²) in [6.07, 6.45) is 0.893. The first-order valence-corrected chi connectivity index (χ1v) is 12.5. The van der Waals surface area contributed by atoms with Crippen LogP contribution in [0.15, 0.2) is 115 Å². The molecule has 4 rings (SSSR count). The van der Waals surface area contributed by atoms with Gasteiger partial charge in [-0.15, -0.1) is 0 Å². The molecule has 0 spiro atoms. The predicted octanol–water partition coefficient (Wildman–Crippen LogP) is 5.37. The SMILES string of the molecule is COc1ccc(CCNC(=O)[C@H](c2ccccc2)N(Cc2ccccc2)C(=O)Cc2ccccc2)cc1. The van der Waals surface area contributed by atoms with E-state index in [1.54, 1.807) is 12.0 Å². The van der Waals surface area contributed by atoms with Crippen molar-refractivity contribution in [3.05, 3.63) is 138 Å². The molecular weight excluding hydrogens is 460 g/mol. The minimum absolute atomic E-state index is 0.103. The normalized spacial score (nSPS) is 11.4. The number of carbonyl (C=O) groups excluding carboxylic acids is 2. The van der Waals surface area contributed by atoms with Crippen molar-refractivity contribution in [1.82, 2.24) is 10.2 Å². The van der Waals surface area contributed by atoms with Gasteiger partial charge in [-0.25, -0.2) is 0 Å². The minimum atomic E-state index is -0.756. The lowest BCUT2D eigenvalue weighted by Gasteiger charge is -2.32. The molecular formula is C32H32N2O3. The van der Waals surface area contributed by atoms with Crippen molar-refractivity contribution < 1.29 is 14.3 Å². The Morgan fingerprint density at radius 3 is 1.89 bits per heavy atom. The van der Waals surface area contributed by atoms with Gasteiger partial charge in [0.05, 0.1) is 13.5 Å². The zero-order chi connectivity index (χ0) is 25.9. The largest absolute Gasteiger partial charge is 0.497 e. The van der Waals surface area contributed by atoms with E-state index in [9.17, 15) is 9.59 Å². The fraction of sp³-hybridized carbons (Fsp3) is 0.188. The smallest absolute Gasteiger partial charge is 0.247 e. The molecule has 5 heteroatoms. The van der Waals surface area contributed by atoms with Crippen LogP contribution in [-0.2, 0) is 29.0 Å². The lowest BCUT2D eigenvalue weighted by Crippen LogP contribution is -2.44. The molecule has 0 fully saturated rings. The summed E-state index contributed by atoms with van der Waals surface area (Å²) < 4.78 is 5.23. The van der Waals surface area contributed by atoms with Crippen LogP contribution in [0.1, 0.15) is 28.3 Å². The molecule has 0 unspecified atom stereocenters. The van der Waals surface area contributed by atoms with Gasteiger partial charge in [-0.1, -0.05) is 103 Å². The molecule has 4 aromatic rings. The summed E-state index contributed by atoms with van der Waals surface area (Å²) >= 11 is 0. The molecule has 37 heavy (non-hydrogen) atoms. The van der Waals surface area contributed by atoms with Crippen LogP contribution in [0.3, 0.4) is 0 Å². The van der Waals surface area contributed by atoms with Crippen molar-refractivity contribution >= 4 is 11.8 Å². The van der Waals surface area contributed by atoms with Crippen LogP contribution in [0, 0.1) is 0 Å². The molecule has 0 saturated heterocycles. The third-order valence-electron chi connectivity index (χ3n) is 6.26. The van der Waals surface area contributed by atoms with Gasteiger partial charge in [-0.3, -0.25) is 9.59 Å². The van der Waals surface area contributed by atoms with Crippen LogP contribution < -0.4 is 10.1 Å². The number of hydrogen-bond acceptors (Lipinski definition) is 3. The highest BCUT2D eigenvalue weighted by atomic mass is 16.5. The molecule has 0 aromatic heterocycles. The van der Waals surface area contributed by atoms with E-state index in [4.69, 9.17) is 4.74 Å². The van der Waals surface area contributed by atoms with Gasteiger partial charge in [0.1, 0.15) is 11.8 Å². The quantitative estimate of drug-likeness (QED) is 0.306. The number of amides is 2. The summed E-state index contributed by atoms with van der Waals surface area (Å²) in [5.41, 5.74) is 3.76. The van der Waals surface area contributed by atoms with Crippen molar-refractivity contribution in [1.29, 1.82) is 0 Å². The molecule has 5 nitrogen and oxygen atoms in total. The molecule has 0 aliphatic rings. The first-order chi connectivity index (χ1) is 18.1. The second-order valence-electron chi connectivity index (χ2n) is 8.87. The van der Waals surface area contributed by atoms with E-state index in [1.807, 2.05) is 115 Å². The van der Waals surface area contributed by atoms with Gasteiger partial charge in [-0.05, 0) is 40.8 Å². The van der Waals surface area contributed by atoms with Gasteiger partial charge in [0.25, 0.3) is 0 Å². The Labute approximate surface area is 218 Å². The summed E-state index contributed by atoms with van der Waals surface area (Å²) in [5.74, 6) is 0.497. The number of benzene rings is 4. The molecule has 2 amide bonds. The summed E-state index contributed by atoms with van der Waals surface area (Å²) in [6.45, 7) is 0.790. The summed E-state index contributed by atoms with van der Waals surface area (Å²) in [7, 11) is 1.64. The molecule has 0 aliphatic carbocycles. The molecule has 1 atom stereocenters. The fourth-order valence-electron chi connectivity index (χ4n) is 4.30. The van der Waals surface area contributed by atoms with Gasteiger partial charge in [-0.2, -0.15) is 0 Å². The van der Waals surface area contributed by atoms with Crippen LogP contribution in [0.4, 0.5) is 0 Å². The first-order valence-electron chi connectivity index (χ1n) is 12.5. The van der Waals surface area contributed by atoms with Crippen LogP contribution >= 0.6 is 0 Å². The maximum absolute atomic E-state index is 13.7. The van der Waals surface area contributed by atoms with Crippen molar-refractivity contribution in [2.45, 2.75) is 25.4 Å². The molecule has 0 heterocycles. The predicted molar refractivity (Wildman–Crippen MR) is 146 cm³/mol. The van der Waals surface area contributed by atoms with E-state index in [0.717, 1.165) is 28.0 Å². The first kappa shape index (κ1) is 25.7. The number of carbonyl (C=O) groups is 2. The highest BCUT2D eigenvalue weighted by Gasteiger charge is 2.31. The average molecular weight is 493 g/mol. The third kappa shape index (κ3) is 7.31. The number of hydrogen-bond donors (Lipinski definition) is 1. The Hall–Kier alpha value is -4.38. The lowest BCUT2D eigenvalue weighted by atomic mass is 10.0. The summed E-state index contributed by atoms with van der Waals surface area (Å²) in [4.78, 5) is 29.1. The highest BCUT2D eigenvalue weighted by Crippen LogP contribution is 2.25. The van der Waals surface area contributed by atoms with Crippen molar-refractivity contribution in [2.75, 3.05) is 13.7 Å². The molecule has 0 aliphatic heterocycles. The van der Waals surface area contributed by atoms with Gasteiger partial charge < -0.3 is 15.0 Å². The topological polar surface area (TPSA) is 58.6 Å². The summed E-state index contributed by atoms with van der Waals surface area (Å²) in [5, 5.41) is 3.08. The zero-order valence-electron chi connectivity index (χ0n) is 21.0. The van der Waals surface area contributed by atoms with E-state index in [0.29, 0.717) is 19.5 Å². The van der Waals surface area contributed by atoms with Crippen molar-refractivity contribution in [2.24, 2.45) is 0 Å². The van der Waals surface area contributed by atoms with Crippen LogP contribution in [0.5, 0.6) is 5.75 Å². The van der Waals surface area contributed by atoms with E-state index in [2.05, 4.69) is 5.32 Å². The molecule has 1 N–H and O–H groups in total. The number of nitrogens with one attached hydrogen (secondary N) is 1. The fourth-order valence-corrected chi connectivity index (χ4v) is 4.30. The van der Waals surface area contributed by atoms with Crippen LogP contribution in [-0.4, -0.2) is 30.4 Å². The third-order valence-corrected chi connectivity index (χ3v) is 6.26. The van der Waals surface area contributed by atoms with Crippen LogP contribution in [0.25, 0.3) is 0 Å². The summed E-state index contributed by atoms with van der Waals surface area (Å²) in [6, 6.07) is 36.0. The molecule has 0 saturated carbocycles. The van der Waals surface area contributed by atoms with E-state index in [1.165, 1.54) is 0 Å². The monoisotopic (exact) mass is 492 g/mol. The van der Waals surface area contributed by atoms with E-state index < -0.39 is 6.04 Å². The average Bonchev–Trinajstić information content (AvgIpc) is 2.95. The minimum Gasteiger partial charge on any atom is -0.497 e. The number of nitrogens with zero attached hydrogens (tertiary/aromatic N) is 1.